The number of amides is 2. The van der Waals surface area contributed by atoms with Gasteiger partial charge >= 0.3 is 0 Å². The maximum atomic E-state index is 12.6. The van der Waals surface area contributed by atoms with Crippen molar-refractivity contribution in [1.29, 1.82) is 0 Å². The van der Waals surface area contributed by atoms with E-state index >= 15 is 0 Å². The van der Waals surface area contributed by atoms with Crippen molar-refractivity contribution < 1.29 is 14.3 Å². The third-order valence-electron chi connectivity index (χ3n) is 5.72. The van der Waals surface area contributed by atoms with Gasteiger partial charge in [-0.05, 0) is 56.2 Å². The van der Waals surface area contributed by atoms with Gasteiger partial charge in [0.1, 0.15) is 5.75 Å². The Labute approximate surface area is 156 Å². The van der Waals surface area contributed by atoms with Crippen molar-refractivity contribution in [3.05, 3.63) is 29.3 Å². The molecule has 0 bridgehead atoms. The molecular weight excluding hydrogens is 328 g/mol. The van der Waals surface area contributed by atoms with Crippen LogP contribution in [0.5, 0.6) is 5.75 Å². The molecule has 0 spiro atoms. The highest BCUT2D eigenvalue weighted by molar-refractivity contribution is 5.83. The number of ether oxygens (including phenoxy) is 1. The van der Waals surface area contributed by atoms with Crippen LogP contribution < -0.4 is 4.74 Å². The van der Waals surface area contributed by atoms with Crippen LogP contribution in [0, 0.1) is 18.8 Å². The minimum absolute atomic E-state index is 0.0199. The number of hydrogen-bond donors (Lipinski definition) is 0. The molecule has 2 aliphatic rings. The average Bonchev–Trinajstić information content (AvgIpc) is 3.06. The molecule has 26 heavy (non-hydrogen) atoms. The van der Waals surface area contributed by atoms with E-state index in [0.717, 1.165) is 43.7 Å². The van der Waals surface area contributed by atoms with Gasteiger partial charge in [0.05, 0.1) is 12.5 Å². The van der Waals surface area contributed by atoms with E-state index in [2.05, 4.69) is 19.1 Å². The van der Waals surface area contributed by atoms with Crippen molar-refractivity contribution >= 4 is 11.8 Å². The second-order valence-electron chi connectivity index (χ2n) is 7.60. The third kappa shape index (κ3) is 4.02. The normalized spacial score (nSPS) is 22.5. The lowest BCUT2D eigenvalue weighted by Crippen LogP contribution is -2.42. The molecule has 3 rings (SSSR count). The smallest absolute Gasteiger partial charge is 0.227 e. The van der Waals surface area contributed by atoms with Crippen LogP contribution in [0.3, 0.4) is 0 Å². The van der Waals surface area contributed by atoms with Crippen LogP contribution in [0.1, 0.15) is 37.3 Å². The van der Waals surface area contributed by atoms with Gasteiger partial charge in [-0.25, -0.2) is 0 Å². The highest BCUT2D eigenvalue weighted by Crippen LogP contribution is 2.32. The first-order valence-electron chi connectivity index (χ1n) is 9.74. The van der Waals surface area contributed by atoms with Gasteiger partial charge in [0.15, 0.2) is 0 Å². The van der Waals surface area contributed by atoms with E-state index in [-0.39, 0.29) is 17.7 Å². The second-order valence-corrected chi connectivity index (χ2v) is 7.60. The third-order valence-corrected chi connectivity index (χ3v) is 5.72. The standard InChI is InChI=1S/C21H30N2O3/c1-4-26-19-9-8-16(12-15(19)2)6-5-7-20(24)23-13-17-10-11-22(3)21(25)18(17)14-23/h8-9,12,17-18H,4-7,10-11,13-14H2,1-3H3/t17-,18+/m1/s1. The number of rotatable bonds is 6. The number of carbonyl (C=O) groups excluding carboxylic acids is 2. The molecule has 5 heteroatoms. The molecule has 2 saturated heterocycles. The summed E-state index contributed by atoms with van der Waals surface area (Å²) >= 11 is 0. The van der Waals surface area contributed by atoms with Gasteiger partial charge in [-0.2, -0.15) is 0 Å². The number of aryl methyl sites for hydroxylation is 2. The van der Waals surface area contributed by atoms with Crippen LogP contribution >= 0.6 is 0 Å². The molecular formula is C21H30N2O3. The maximum absolute atomic E-state index is 12.6. The lowest BCUT2D eigenvalue weighted by molar-refractivity contribution is -0.138. The summed E-state index contributed by atoms with van der Waals surface area (Å²) in [6, 6.07) is 6.25. The first-order valence-corrected chi connectivity index (χ1v) is 9.74. The summed E-state index contributed by atoms with van der Waals surface area (Å²) in [7, 11) is 1.86. The number of hydrogen-bond acceptors (Lipinski definition) is 3. The zero-order valence-corrected chi connectivity index (χ0v) is 16.2. The highest BCUT2D eigenvalue weighted by Gasteiger charge is 2.42. The molecule has 2 atom stereocenters. The van der Waals surface area contributed by atoms with E-state index in [1.807, 2.05) is 29.8 Å². The molecule has 142 valence electrons. The van der Waals surface area contributed by atoms with Gasteiger partial charge in [-0.15, -0.1) is 0 Å². The molecule has 0 radical (unpaired) electrons. The zero-order valence-electron chi connectivity index (χ0n) is 16.2. The van der Waals surface area contributed by atoms with Crippen molar-refractivity contribution in [2.24, 2.45) is 11.8 Å². The van der Waals surface area contributed by atoms with Crippen LogP contribution in [-0.4, -0.2) is 54.9 Å². The predicted octanol–water partition coefficient (Wildman–Crippen LogP) is 2.65. The number of piperidine rings is 1. The van der Waals surface area contributed by atoms with Gasteiger partial charge < -0.3 is 14.5 Å². The molecule has 0 saturated carbocycles. The molecule has 0 aliphatic carbocycles. The van der Waals surface area contributed by atoms with E-state index in [1.54, 1.807) is 0 Å². The number of benzene rings is 1. The molecule has 1 aromatic rings. The summed E-state index contributed by atoms with van der Waals surface area (Å²) in [5.74, 6) is 1.71. The Kier molecular flexibility index (Phi) is 5.84. The first kappa shape index (κ1) is 18.7. The van der Waals surface area contributed by atoms with E-state index in [9.17, 15) is 9.59 Å². The van der Waals surface area contributed by atoms with Gasteiger partial charge in [0, 0.05) is 33.1 Å². The molecule has 0 aromatic heterocycles. The number of likely N-dealkylation sites (tertiary alicyclic amines) is 2. The number of nitrogens with zero attached hydrogens (tertiary/aromatic N) is 2. The van der Waals surface area contributed by atoms with Gasteiger partial charge in [-0.3, -0.25) is 9.59 Å². The Balaban J connectivity index is 1.48. The van der Waals surface area contributed by atoms with Gasteiger partial charge in [0.25, 0.3) is 0 Å². The molecule has 1 aromatic carbocycles. The van der Waals surface area contributed by atoms with Crippen LogP contribution in [0.25, 0.3) is 0 Å². The van der Waals surface area contributed by atoms with Crippen molar-refractivity contribution in [2.75, 3.05) is 33.3 Å². The van der Waals surface area contributed by atoms with Crippen molar-refractivity contribution in [3.63, 3.8) is 0 Å². The Bertz CT molecular complexity index is 673. The Morgan fingerprint density at radius 1 is 1.31 bits per heavy atom. The zero-order chi connectivity index (χ0) is 18.7. The second kappa shape index (κ2) is 8.11. The van der Waals surface area contributed by atoms with Gasteiger partial charge in [0.2, 0.25) is 11.8 Å². The van der Waals surface area contributed by atoms with Crippen molar-refractivity contribution in [2.45, 2.75) is 39.5 Å². The van der Waals surface area contributed by atoms with E-state index in [1.165, 1.54) is 5.56 Å². The Morgan fingerprint density at radius 3 is 2.85 bits per heavy atom. The minimum atomic E-state index is 0.0199. The predicted molar refractivity (Wildman–Crippen MR) is 101 cm³/mol. The van der Waals surface area contributed by atoms with E-state index < -0.39 is 0 Å². The fraction of sp³-hybridized carbons (Fsp3) is 0.619. The van der Waals surface area contributed by atoms with Crippen LogP contribution in [0.4, 0.5) is 0 Å². The largest absolute Gasteiger partial charge is 0.494 e. The average molecular weight is 358 g/mol. The van der Waals surface area contributed by atoms with Gasteiger partial charge in [-0.1, -0.05) is 12.1 Å². The Morgan fingerprint density at radius 2 is 2.12 bits per heavy atom. The monoisotopic (exact) mass is 358 g/mol. The lowest BCUT2D eigenvalue weighted by atomic mass is 9.88. The molecule has 5 nitrogen and oxygen atoms in total. The van der Waals surface area contributed by atoms with Crippen LogP contribution in [0.15, 0.2) is 18.2 Å². The summed E-state index contributed by atoms with van der Waals surface area (Å²) < 4.78 is 5.57. The maximum Gasteiger partial charge on any atom is 0.227 e. The lowest BCUT2D eigenvalue weighted by Gasteiger charge is -2.30. The van der Waals surface area contributed by atoms with E-state index in [0.29, 0.717) is 25.5 Å². The molecule has 2 aliphatic heterocycles. The first-order chi connectivity index (χ1) is 12.5. The summed E-state index contributed by atoms with van der Waals surface area (Å²) in [5, 5.41) is 0. The highest BCUT2D eigenvalue weighted by atomic mass is 16.5. The number of carbonyl (C=O) groups is 2. The van der Waals surface area contributed by atoms with Crippen LogP contribution in [-0.2, 0) is 16.0 Å². The molecule has 2 fully saturated rings. The topological polar surface area (TPSA) is 49.9 Å². The summed E-state index contributed by atoms with van der Waals surface area (Å²) in [4.78, 5) is 28.5. The minimum Gasteiger partial charge on any atom is -0.494 e. The molecule has 2 heterocycles. The molecule has 0 N–H and O–H groups in total. The van der Waals surface area contributed by atoms with Crippen molar-refractivity contribution in [3.8, 4) is 5.75 Å². The summed E-state index contributed by atoms with van der Waals surface area (Å²) in [6.45, 7) is 6.89. The number of fused-ring (bicyclic) bond motifs is 1. The molecule has 0 unspecified atom stereocenters. The fourth-order valence-electron chi connectivity index (χ4n) is 4.19. The van der Waals surface area contributed by atoms with Crippen molar-refractivity contribution in [1.82, 2.24) is 9.80 Å². The van der Waals surface area contributed by atoms with E-state index in [4.69, 9.17) is 4.74 Å². The molecule has 2 amide bonds. The summed E-state index contributed by atoms with van der Waals surface area (Å²) in [6.07, 6.45) is 3.30. The Hall–Kier alpha value is -2.04. The fourth-order valence-corrected chi connectivity index (χ4v) is 4.19. The SMILES string of the molecule is CCOc1ccc(CCCC(=O)N2C[C@H]3CCN(C)C(=O)[C@H]3C2)cc1C. The van der Waals surface area contributed by atoms with Crippen LogP contribution in [0.2, 0.25) is 0 Å². The quantitative estimate of drug-likeness (QED) is 0.785. The summed E-state index contributed by atoms with van der Waals surface area (Å²) in [5.41, 5.74) is 2.38.